The number of ether oxygens (including phenoxy) is 1. The molecule has 0 spiro atoms. The molecule has 22 heavy (non-hydrogen) atoms. The van der Waals surface area contributed by atoms with Crippen LogP contribution in [0, 0.1) is 11.6 Å². The van der Waals surface area contributed by atoms with Gasteiger partial charge >= 0.3 is 11.8 Å². The third-order valence-electron chi connectivity index (χ3n) is 2.73. The number of hydrogen-bond acceptors (Lipinski definition) is 3. The van der Waals surface area contributed by atoms with Gasteiger partial charge in [-0.2, -0.15) is 0 Å². The highest BCUT2D eigenvalue weighted by Crippen LogP contribution is 2.16. The van der Waals surface area contributed by atoms with Gasteiger partial charge in [0.2, 0.25) is 0 Å². The third-order valence-corrected chi connectivity index (χ3v) is 2.73. The molecule has 2 amide bonds. The molecule has 0 aliphatic rings. The van der Waals surface area contributed by atoms with Crippen LogP contribution in [-0.2, 0) is 9.59 Å². The zero-order chi connectivity index (χ0) is 16.1. The SMILES string of the molecule is COc1ccc(NC(=O)C(=O)Nc2ccc(F)c(F)c2)cc1. The van der Waals surface area contributed by atoms with Gasteiger partial charge in [-0.3, -0.25) is 9.59 Å². The largest absolute Gasteiger partial charge is 0.497 e. The molecule has 0 bridgehead atoms. The van der Waals surface area contributed by atoms with Crippen molar-refractivity contribution in [1.82, 2.24) is 0 Å². The predicted octanol–water partition coefficient (Wildman–Crippen LogP) is 2.55. The Hall–Kier alpha value is -2.96. The highest BCUT2D eigenvalue weighted by Gasteiger charge is 2.15. The van der Waals surface area contributed by atoms with E-state index in [1.807, 2.05) is 0 Å². The molecule has 0 radical (unpaired) electrons. The molecule has 2 aromatic rings. The van der Waals surface area contributed by atoms with E-state index in [0.717, 1.165) is 18.2 Å². The minimum Gasteiger partial charge on any atom is -0.497 e. The lowest BCUT2D eigenvalue weighted by atomic mass is 10.3. The van der Waals surface area contributed by atoms with Crippen molar-refractivity contribution in [1.29, 1.82) is 0 Å². The number of carbonyl (C=O) groups excluding carboxylic acids is 2. The second kappa shape index (κ2) is 6.66. The van der Waals surface area contributed by atoms with E-state index >= 15 is 0 Å². The topological polar surface area (TPSA) is 67.4 Å². The van der Waals surface area contributed by atoms with Crippen LogP contribution in [0.3, 0.4) is 0 Å². The van der Waals surface area contributed by atoms with Crippen LogP contribution in [0.5, 0.6) is 5.75 Å². The minimum atomic E-state index is -1.12. The van der Waals surface area contributed by atoms with Crippen LogP contribution in [0.2, 0.25) is 0 Å². The Morgan fingerprint density at radius 3 is 1.95 bits per heavy atom. The normalized spacial score (nSPS) is 9.95. The number of amides is 2. The van der Waals surface area contributed by atoms with Crippen molar-refractivity contribution in [3.8, 4) is 5.75 Å². The van der Waals surface area contributed by atoms with Crippen molar-refractivity contribution < 1.29 is 23.1 Å². The zero-order valence-electron chi connectivity index (χ0n) is 11.5. The lowest BCUT2D eigenvalue weighted by Crippen LogP contribution is -2.29. The molecule has 0 saturated carbocycles. The highest BCUT2D eigenvalue weighted by atomic mass is 19.2. The number of hydrogen-bond donors (Lipinski definition) is 2. The van der Waals surface area contributed by atoms with E-state index < -0.39 is 23.4 Å². The number of nitrogens with one attached hydrogen (secondary N) is 2. The van der Waals surface area contributed by atoms with Crippen LogP contribution in [-0.4, -0.2) is 18.9 Å². The quantitative estimate of drug-likeness (QED) is 0.856. The average molecular weight is 306 g/mol. The number of halogens is 2. The molecule has 0 aliphatic heterocycles. The molecule has 7 heteroatoms. The van der Waals surface area contributed by atoms with Crippen molar-refractivity contribution in [2.24, 2.45) is 0 Å². The lowest BCUT2D eigenvalue weighted by molar-refractivity contribution is -0.133. The van der Waals surface area contributed by atoms with E-state index in [4.69, 9.17) is 4.74 Å². The fourth-order valence-corrected chi connectivity index (χ4v) is 1.62. The Bertz CT molecular complexity index is 702. The van der Waals surface area contributed by atoms with Crippen molar-refractivity contribution in [3.05, 3.63) is 54.1 Å². The van der Waals surface area contributed by atoms with Crippen LogP contribution in [0.4, 0.5) is 20.2 Å². The van der Waals surface area contributed by atoms with Gasteiger partial charge < -0.3 is 15.4 Å². The summed E-state index contributed by atoms with van der Waals surface area (Å²) in [4.78, 5) is 23.4. The Morgan fingerprint density at radius 2 is 1.41 bits per heavy atom. The molecule has 0 aliphatic carbocycles. The van der Waals surface area contributed by atoms with E-state index in [1.54, 1.807) is 24.3 Å². The molecular formula is C15H12F2N2O3. The third kappa shape index (κ3) is 3.78. The summed E-state index contributed by atoms with van der Waals surface area (Å²) in [5, 5.41) is 4.54. The summed E-state index contributed by atoms with van der Waals surface area (Å²) in [5.74, 6) is -3.49. The van der Waals surface area contributed by atoms with Crippen LogP contribution >= 0.6 is 0 Å². The van der Waals surface area contributed by atoms with Gasteiger partial charge in [-0.25, -0.2) is 8.78 Å². The Balaban J connectivity index is 1.99. The molecule has 0 fully saturated rings. The van der Waals surface area contributed by atoms with E-state index in [0.29, 0.717) is 11.4 Å². The van der Waals surface area contributed by atoms with Crippen LogP contribution in [0.25, 0.3) is 0 Å². The fraction of sp³-hybridized carbons (Fsp3) is 0.0667. The summed E-state index contributed by atoms with van der Waals surface area (Å²) >= 11 is 0. The van der Waals surface area contributed by atoms with Gasteiger partial charge in [0.25, 0.3) is 0 Å². The smallest absolute Gasteiger partial charge is 0.314 e. The number of anilines is 2. The number of benzene rings is 2. The summed E-state index contributed by atoms with van der Waals surface area (Å²) in [6.45, 7) is 0. The van der Waals surface area contributed by atoms with Gasteiger partial charge in [0, 0.05) is 17.4 Å². The van der Waals surface area contributed by atoms with Gasteiger partial charge in [-0.1, -0.05) is 0 Å². The molecule has 0 atom stereocenters. The summed E-state index contributed by atoms with van der Waals surface area (Å²) in [7, 11) is 1.50. The molecule has 2 aromatic carbocycles. The summed E-state index contributed by atoms with van der Waals surface area (Å²) in [6.07, 6.45) is 0. The standard InChI is InChI=1S/C15H12F2N2O3/c1-22-11-5-2-9(3-6-11)18-14(20)15(21)19-10-4-7-12(16)13(17)8-10/h2-8H,1H3,(H,18,20)(H,19,21). The van der Waals surface area contributed by atoms with Gasteiger partial charge in [0.15, 0.2) is 11.6 Å². The second-order valence-electron chi connectivity index (χ2n) is 4.27. The first-order valence-electron chi connectivity index (χ1n) is 6.21. The van der Waals surface area contributed by atoms with E-state index in [2.05, 4.69) is 10.6 Å². The predicted molar refractivity (Wildman–Crippen MR) is 76.6 cm³/mol. The van der Waals surface area contributed by atoms with Gasteiger partial charge in [-0.05, 0) is 36.4 Å². The molecular weight excluding hydrogens is 294 g/mol. The molecule has 0 aromatic heterocycles. The average Bonchev–Trinajstić information content (AvgIpc) is 2.51. The fourth-order valence-electron chi connectivity index (χ4n) is 1.62. The summed E-state index contributed by atoms with van der Waals surface area (Å²) < 4.78 is 30.7. The van der Waals surface area contributed by atoms with Crippen molar-refractivity contribution >= 4 is 23.2 Å². The zero-order valence-corrected chi connectivity index (χ0v) is 11.5. The number of methoxy groups -OCH3 is 1. The van der Waals surface area contributed by atoms with E-state index in [-0.39, 0.29) is 5.69 Å². The first-order chi connectivity index (χ1) is 10.5. The highest BCUT2D eigenvalue weighted by molar-refractivity contribution is 6.43. The maximum atomic E-state index is 13.0. The first-order valence-corrected chi connectivity index (χ1v) is 6.21. The molecule has 5 nitrogen and oxygen atoms in total. The van der Waals surface area contributed by atoms with E-state index in [9.17, 15) is 18.4 Å². The number of carbonyl (C=O) groups is 2. The van der Waals surface area contributed by atoms with Crippen molar-refractivity contribution in [3.63, 3.8) is 0 Å². The Labute approximate surface area is 124 Å². The van der Waals surface area contributed by atoms with Crippen LogP contribution < -0.4 is 15.4 Å². The van der Waals surface area contributed by atoms with Gasteiger partial charge in [-0.15, -0.1) is 0 Å². The molecule has 0 heterocycles. The first kappa shape index (κ1) is 15.4. The van der Waals surface area contributed by atoms with Gasteiger partial charge in [0.05, 0.1) is 7.11 Å². The Morgan fingerprint density at radius 1 is 0.864 bits per heavy atom. The molecule has 114 valence electrons. The molecule has 0 unspecified atom stereocenters. The second-order valence-corrected chi connectivity index (χ2v) is 4.27. The van der Waals surface area contributed by atoms with Crippen molar-refractivity contribution in [2.45, 2.75) is 0 Å². The van der Waals surface area contributed by atoms with E-state index in [1.165, 1.54) is 7.11 Å². The minimum absolute atomic E-state index is 0.0196. The van der Waals surface area contributed by atoms with Crippen LogP contribution in [0.15, 0.2) is 42.5 Å². The summed E-state index contributed by atoms with van der Waals surface area (Å²) in [6, 6.07) is 9.13. The van der Waals surface area contributed by atoms with Crippen molar-refractivity contribution in [2.75, 3.05) is 17.7 Å². The summed E-state index contributed by atoms with van der Waals surface area (Å²) in [5.41, 5.74) is 0.375. The lowest BCUT2D eigenvalue weighted by Gasteiger charge is -2.07. The van der Waals surface area contributed by atoms with Gasteiger partial charge in [0.1, 0.15) is 5.75 Å². The maximum absolute atomic E-state index is 13.0. The maximum Gasteiger partial charge on any atom is 0.314 e. The Kier molecular flexibility index (Phi) is 4.67. The molecule has 2 N–H and O–H groups in total. The molecule has 2 rings (SSSR count). The van der Waals surface area contributed by atoms with Crippen LogP contribution in [0.1, 0.15) is 0 Å². The molecule has 0 saturated heterocycles. The number of rotatable bonds is 3. The monoisotopic (exact) mass is 306 g/mol.